The molecule has 0 fully saturated rings. The maximum absolute atomic E-state index is 11.5. The lowest BCUT2D eigenvalue weighted by molar-refractivity contribution is -0.117. The number of hydrogen-bond donors (Lipinski definition) is 0. The Morgan fingerprint density at radius 3 is 1.86 bits per heavy atom. The number of amides is 2. The van der Waals surface area contributed by atoms with Crippen LogP contribution in [-0.2, 0) is 22.4 Å². The van der Waals surface area contributed by atoms with Crippen LogP contribution in [0, 0.1) is 0 Å². The minimum atomic E-state index is 0.0388. The second-order valence-corrected chi connectivity index (χ2v) is 7.58. The fraction of sp³-hybridized carbons (Fsp3) is 0.375. The monoisotopic (exact) mass is 392 g/mol. The number of aryl methyl sites for hydroxylation is 2. The first-order chi connectivity index (χ1) is 13.9. The van der Waals surface area contributed by atoms with Gasteiger partial charge in [-0.1, -0.05) is 30.3 Å². The molecule has 2 amide bonds. The third kappa shape index (κ3) is 4.73. The van der Waals surface area contributed by atoms with Gasteiger partial charge in [-0.15, -0.1) is 0 Å². The fourth-order valence-corrected chi connectivity index (χ4v) is 3.98. The molecule has 0 aromatic heterocycles. The third-order valence-electron chi connectivity index (χ3n) is 5.48. The van der Waals surface area contributed by atoms with Crippen LogP contribution in [0.15, 0.2) is 42.5 Å². The van der Waals surface area contributed by atoms with E-state index in [0.29, 0.717) is 5.56 Å². The van der Waals surface area contributed by atoms with Gasteiger partial charge in [-0.2, -0.15) is 0 Å². The average molecular weight is 392 g/mol. The number of fused-ring (bicyclic) bond motifs is 2. The van der Waals surface area contributed by atoms with Crippen molar-refractivity contribution in [3.8, 4) is 0 Å². The van der Waals surface area contributed by atoms with Crippen molar-refractivity contribution in [2.24, 2.45) is 0 Å². The molecule has 0 saturated heterocycles. The minimum absolute atomic E-state index is 0.0388. The Kier molecular flexibility index (Phi) is 6.47. The maximum Gasteiger partial charge on any atom is 0.223 e. The van der Waals surface area contributed by atoms with E-state index in [0.717, 1.165) is 55.7 Å². The molecule has 2 aliphatic heterocycles. The zero-order valence-corrected chi connectivity index (χ0v) is 17.4. The SMILES string of the molecule is CC(=O)N1CCCc2ccccc21.CC(=O)c1ccc2c(c1)N(C(C)=O)CCC2. The van der Waals surface area contributed by atoms with Gasteiger partial charge in [-0.3, -0.25) is 14.4 Å². The van der Waals surface area contributed by atoms with Crippen LogP contribution in [0.1, 0.15) is 55.1 Å². The Balaban J connectivity index is 0.000000169. The van der Waals surface area contributed by atoms with E-state index in [2.05, 4.69) is 6.07 Å². The number of Topliss-reactive ketones (excluding diaryl/α,β-unsaturated/α-hetero) is 1. The molecular formula is C24H28N2O3. The molecule has 2 heterocycles. The predicted molar refractivity (Wildman–Crippen MR) is 116 cm³/mol. The van der Waals surface area contributed by atoms with E-state index in [1.54, 1.807) is 25.7 Å². The number of benzene rings is 2. The molecule has 0 spiro atoms. The van der Waals surface area contributed by atoms with Crippen LogP contribution >= 0.6 is 0 Å². The molecule has 4 rings (SSSR count). The van der Waals surface area contributed by atoms with Gasteiger partial charge in [0, 0.05) is 43.9 Å². The van der Waals surface area contributed by atoms with Gasteiger partial charge >= 0.3 is 0 Å². The number of carbonyl (C=O) groups excluding carboxylic acids is 3. The van der Waals surface area contributed by atoms with E-state index in [1.165, 1.54) is 5.56 Å². The number of nitrogens with zero attached hydrogens (tertiary/aromatic N) is 2. The van der Waals surface area contributed by atoms with Crippen molar-refractivity contribution in [3.05, 3.63) is 59.2 Å². The number of carbonyl (C=O) groups is 3. The highest BCUT2D eigenvalue weighted by Gasteiger charge is 2.21. The second kappa shape index (κ2) is 9.03. The highest BCUT2D eigenvalue weighted by atomic mass is 16.2. The number of rotatable bonds is 1. The molecule has 2 aliphatic rings. The van der Waals surface area contributed by atoms with Crippen molar-refractivity contribution in [1.29, 1.82) is 0 Å². The third-order valence-corrected chi connectivity index (χ3v) is 5.48. The van der Waals surface area contributed by atoms with E-state index in [1.807, 2.05) is 41.3 Å². The van der Waals surface area contributed by atoms with Crippen LogP contribution in [-0.4, -0.2) is 30.7 Å². The lowest BCUT2D eigenvalue weighted by atomic mass is 9.98. The van der Waals surface area contributed by atoms with E-state index >= 15 is 0 Å². The standard InChI is InChI=1S/C13H15NO2.C11H13NO/c1-9(15)12-6-5-11-4-3-7-14(10(2)16)13(11)8-12;1-9(13)12-8-4-6-10-5-2-3-7-11(10)12/h5-6,8H,3-4,7H2,1-2H3;2-3,5,7H,4,6,8H2,1H3. The van der Waals surface area contributed by atoms with Crippen molar-refractivity contribution in [1.82, 2.24) is 0 Å². The van der Waals surface area contributed by atoms with Gasteiger partial charge < -0.3 is 9.80 Å². The normalized spacial score (nSPS) is 14.9. The molecule has 2 aromatic rings. The molecule has 0 aliphatic carbocycles. The van der Waals surface area contributed by atoms with Crippen LogP contribution in [0.2, 0.25) is 0 Å². The van der Waals surface area contributed by atoms with E-state index in [4.69, 9.17) is 0 Å². The Labute approximate surface area is 172 Å². The quantitative estimate of drug-likeness (QED) is 0.684. The first-order valence-corrected chi connectivity index (χ1v) is 10.2. The molecule has 0 bridgehead atoms. The largest absolute Gasteiger partial charge is 0.312 e. The Bertz CT molecular complexity index is 935. The number of para-hydroxylation sites is 1. The molecule has 152 valence electrons. The molecule has 0 unspecified atom stereocenters. The Morgan fingerprint density at radius 1 is 0.724 bits per heavy atom. The fourth-order valence-electron chi connectivity index (χ4n) is 3.98. The molecule has 2 aromatic carbocycles. The van der Waals surface area contributed by atoms with Gasteiger partial charge in [0.2, 0.25) is 11.8 Å². The predicted octanol–water partition coefficient (Wildman–Crippen LogP) is 4.17. The van der Waals surface area contributed by atoms with Crippen molar-refractivity contribution in [2.45, 2.75) is 46.5 Å². The van der Waals surface area contributed by atoms with E-state index in [-0.39, 0.29) is 17.6 Å². The summed E-state index contributed by atoms with van der Waals surface area (Å²) in [6, 6.07) is 13.8. The van der Waals surface area contributed by atoms with Gasteiger partial charge in [-0.05, 0) is 55.9 Å². The summed E-state index contributed by atoms with van der Waals surface area (Å²) in [6.07, 6.45) is 4.15. The first-order valence-electron chi connectivity index (χ1n) is 10.2. The molecule has 0 radical (unpaired) electrons. The van der Waals surface area contributed by atoms with Crippen molar-refractivity contribution < 1.29 is 14.4 Å². The van der Waals surface area contributed by atoms with Crippen LogP contribution in [0.4, 0.5) is 11.4 Å². The molecule has 0 atom stereocenters. The Morgan fingerprint density at radius 2 is 1.28 bits per heavy atom. The summed E-state index contributed by atoms with van der Waals surface area (Å²) in [5.41, 5.74) is 5.13. The van der Waals surface area contributed by atoms with E-state index in [9.17, 15) is 14.4 Å². The van der Waals surface area contributed by atoms with Gasteiger partial charge in [0.15, 0.2) is 5.78 Å². The number of anilines is 2. The van der Waals surface area contributed by atoms with Gasteiger partial charge in [0.25, 0.3) is 0 Å². The number of hydrogen-bond acceptors (Lipinski definition) is 3. The molecular weight excluding hydrogens is 364 g/mol. The highest BCUT2D eigenvalue weighted by Crippen LogP contribution is 2.28. The summed E-state index contributed by atoms with van der Waals surface area (Å²) in [5.74, 6) is 0.227. The summed E-state index contributed by atoms with van der Waals surface area (Å²) in [5, 5.41) is 0. The van der Waals surface area contributed by atoms with Crippen LogP contribution in [0.3, 0.4) is 0 Å². The summed E-state index contributed by atoms with van der Waals surface area (Å²) >= 11 is 0. The van der Waals surface area contributed by atoms with E-state index < -0.39 is 0 Å². The van der Waals surface area contributed by atoms with Gasteiger partial charge in [0.05, 0.1) is 0 Å². The van der Waals surface area contributed by atoms with Crippen molar-refractivity contribution in [3.63, 3.8) is 0 Å². The molecule has 5 heteroatoms. The zero-order valence-electron chi connectivity index (χ0n) is 17.4. The van der Waals surface area contributed by atoms with Gasteiger partial charge in [-0.25, -0.2) is 0 Å². The highest BCUT2D eigenvalue weighted by molar-refractivity contribution is 5.98. The lowest BCUT2D eigenvalue weighted by Crippen LogP contribution is -2.33. The Hall–Kier alpha value is -2.95. The summed E-state index contributed by atoms with van der Waals surface area (Å²) in [7, 11) is 0. The average Bonchev–Trinajstić information content (AvgIpc) is 2.72. The second-order valence-electron chi connectivity index (χ2n) is 7.58. The maximum atomic E-state index is 11.5. The summed E-state index contributed by atoms with van der Waals surface area (Å²) in [4.78, 5) is 37.7. The number of ketones is 1. The van der Waals surface area contributed by atoms with Crippen LogP contribution < -0.4 is 9.80 Å². The van der Waals surface area contributed by atoms with Crippen LogP contribution in [0.5, 0.6) is 0 Å². The summed E-state index contributed by atoms with van der Waals surface area (Å²) in [6.45, 7) is 6.36. The smallest absolute Gasteiger partial charge is 0.223 e. The molecule has 29 heavy (non-hydrogen) atoms. The van der Waals surface area contributed by atoms with Gasteiger partial charge in [0.1, 0.15) is 0 Å². The van der Waals surface area contributed by atoms with Crippen molar-refractivity contribution in [2.75, 3.05) is 22.9 Å². The molecule has 0 N–H and O–H groups in total. The molecule has 5 nitrogen and oxygen atoms in total. The van der Waals surface area contributed by atoms with Crippen LogP contribution in [0.25, 0.3) is 0 Å². The lowest BCUT2D eigenvalue weighted by Gasteiger charge is -2.28. The summed E-state index contributed by atoms with van der Waals surface area (Å²) < 4.78 is 0. The topological polar surface area (TPSA) is 57.7 Å². The zero-order chi connectivity index (χ0) is 21.0. The minimum Gasteiger partial charge on any atom is -0.312 e. The first kappa shape index (κ1) is 20.8. The molecule has 0 saturated carbocycles. The van der Waals surface area contributed by atoms with Crippen molar-refractivity contribution >= 4 is 29.0 Å².